The molecule has 4 heteroatoms. The number of halogens is 1. The summed E-state index contributed by atoms with van der Waals surface area (Å²) >= 11 is 1.89. The Balaban J connectivity index is 1.50. The molecule has 0 aliphatic heterocycles. The monoisotopic (exact) mass is 412 g/mol. The Bertz CT molecular complexity index is 895. The third-order valence-corrected chi connectivity index (χ3v) is 10.2. The Morgan fingerprint density at radius 1 is 1.10 bits per heavy atom. The first-order valence-corrected chi connectivity index (χ1v) is 11.7. The summed E-state index contributed by atoms with van der Waals surface area (Å²) < 4.78 is 17.0. The van der Waals surface area contributed by atoms with Crippen LogP contribution in [0.2, 0.25) is 0 Å². The van der Waals surface area contributed by atoms with Crippen molar-refractivity contribution in [3.05, 3.63) is 54.1 Å². The fourth-order valence-corrected chi connectivity index (χ4v) is 8.46. The van der Waals surface area contributed by atoms with Gasteiger partial charge >= 0.3 is 0 Å². The second-order valence-electron chi connectivity index (χ2n) is 9.85. The van der Waals surface area contributed by atoms with Gasteiger partial charge in [-0.05, 0) is 74.6 Å². The number of aliphatic hydroxyl groups is 1. The number of ketones is 1. The van der Waals surface area contributed by atoms with Crippen LogP contribution in [0.4, 0.5) is 4.39 Å². The van der Waals surface area contributed by atoms with E-state index in [0.29, 0.717) is 11.7 Å². The lowest BCUT2D eigenvalue weighted by atomic mass is 9.46. The topological polar surface area (TPSA) is 37.3 Å². The summed E-state index contributed by atoms with van der Waals surface area (Å²) in [6.07, 6.45) is 7.87. The highest BCUT2D eigenvalue weighted by molar-refractivity contribution is 8.00. The molecule has 4 aliphatic carbocycles. The molecule has 0 heterocycles. The molecule has 154 valence electrons. The molecule has 0 saturated heterocycles. The van der Waals surface area contributed by atoms with Crippen molar-refractivity contribution in [1.82, 2.24) is 0 Å². The SMILES string of the molecule is C[C@]12C[C@H](O)C3(F)[C@@H](CCC4=CC(=O)C=C[C@@]43C)[C@@H]1CC[C@H]2Sc1ccccc1. The van der Waals surface area contributed by atoms with Gasteiger partial charge in [0.2, 0.25) is 0 Å². The van der Waals surface area contributed by atoms with E-state index in [1.165, 1.54) is 11.0 Å². The van der Waals surface area contributed by atoms with Crippen molar-refractivity contribution in [3.8, 4) is 0 Å². The number of benzene rings is 1. The minimum atomic E-state index is -1.70. The second kappa shape index (κ2) is 6.55. The van der Waals surface area contributed by atoms with Crippen molar-refractivity contribution in [2.75, 3.05) is 0 Å². The maximum atomic E-state index is 17.0. The van der Waals surface area contributed by atoms with Gasteiger partial charge in [-0.25, -0.2) is 4.39 Å². The van der Waals surface area contributed by atoms with E-state index in [-0.39, 0.29) is 23.0 Å². The van der Waals surface area contributed by atoms with Gasteiger partial charge < -0.3 is 5.11 Å². The summed E-state index contributed by atoms with van der Waals surface area (Å²) in [6, 6.07) is 10.4. The predicted octanol–water partition coefficient (Wildman–Crippen LogP) is 5.52. The van der Waals surface area contributed by atoms with Crippen LogP contribution in [0, 0.1) is 22.7 Å². The molecule has 0 amide bonds. The number of fused-ring (bicyclic) bond motifs is 5. The summed E-state index contributed by atoms with van der Waals surface area (Å²) in [7, 11) is 0. The summed E-state index contributed by atoms with van der Waals surface area (Å²) in [5.41, 5.74) is -1.80. The van der Waals surface area contributed by atoms with E-state index in [9.17, 15) is 9.90 Å². The van der Waals surface area contributed by atoms with E-state index in [1.807, 2.05) is 24.8 Å². The van der Waals surface area contributed by atoms with Crippen LogP contribution in [0.3, 0.4) is 0 Å². The molecule has 3 saturated carbocycles. The Kier molecular flexibility index (Phi) is 4.42. The van der Waals surface area contributed by atoms with Crippen LogP contribution in [-0.2, 0) is 4.79 Å². The van der Waals surface area contributed by atoms with E-state index in [4.69, 9.17) is 0 Å². The maximum absolute atomic E-state index is 17.0. The zero-order valence-corrected chi connectivity index (χ0v) is 17.9. The summed E-state index contributed by atoms with van der Waals surface area (Å²) in [5.74, 6) is 0.0361. The first-order chi connectivity index (χ1) is 13.8. The van der Waals surface area contributed by atoms with Gasteiger partial charge in [-0.15, -0.1) is 11.8 Å². The van der Waals surface area contributed by atoms with E-state index in [0.717, 1.165) is 31.3 Å². The van der Waals surface area contributed by atoms with Crippen molar-refractivity contribution in [1.29, 1.82) is 0 Å². The molecule has 4 aliphatic rings. The van der Waals surface area contributed by atoms with Crippen molar-refractivity contribution < 1.29 is 14.3 Å². The van der Waals surface area contributed by atoms with Gasteiger partial charge in [-0.2, -0.15) is 0 Å². The Morgan fingerprint density at radius 3 is 2.62 bits per heavy atom. The van der Waals surface area contributed by atoms with Crippen LogP contribution in [0.1, 0.15) is 46.0 Å². The highest BCUT2D eigenvalue weighted by Gasteiger charge is 2.70. The summed E-state index contributed by atoms with van der Waals surface area (Å²) in [4.78, 5) is 13.2. The molecule has 3 fully saturated rings. The van der Waals surface area contributed by atoms with Crippen LogP contribution in [0.5, 0.6) is 0 Å². The van der Waals surface area contributed by atoms with Crippen LogP contribution < -0.4 is 0 Å². The molecule has 0 aromatic heterocycles. The number of hydrogen-bond acceptors (Lipinski definition) is 3. The molecule has 0 spiro atoms. The molecule has 1 unspecified atom stereocenters. The first kappa shape index (κ1) is 19.6. The van der Waals surface area contributed by atoms with Gasteiger partial charge in [0.25, 0.3) is 0 Å². The third kappa shape index (κ3) is 2.61. The molecule has 29 heavy (non-hydrogen) atoms. The highest BCUT2D eigenvalue weighted by atomic mass is 32.2. The molecular weight excluding hydrogens is 383 g/mol. The Labute approximate surface area is 176 Å². The van der Waals surface area contributed by atoms with Crippen LogP contribution in [0.15, 0.2) is 59.0 Å². The number of allylic oxidation sites excluding steroid dienone is 4. The smallest absolute Gasteiger partial charge is 0.178 e. The molecule has 2 nitrogen and oxygen atoms in total. The second-order valence-corrected chi connectivity index (χ2v) is 11.1. The Hall–Kier alpha value is -1.39. The van der Waals surface area contributed by atoms with E-state index >= 15 is 4.39 Å². The summed E-state index contributed by atoms with van der Waals surface area (Å²) in [6.45, 7) is 4.17. The molecule has 7 atom stereocenters. The van der Waals surface area contributed by atoms with Gasteiger partial charge in [0, 0.05) is 21.5 Å². The number of alkyl halides is 1. The predicted molar refractivity (Wildman–Crippen MR) is 114 cm³/mol. The van der Waals surface area contributed by atoms with E-state index in [1.54, 1.807) is 12.2 Å². The van der Waals surface area contributed by atoms with Gasteiger partial charge in [0.15, 0.2) is 11.5 Å². The number of rotatable bonds is 2. The minimum Gasteiger partial charge on any atom is -0.390 e. The van der Waals surface area contributed by atoms with Crippen molar-refractivity contribution in [2.45, 2.75) is 67.9 Å². The number of carbonyl (C=O) groups excluding carboxylic acids is 1. The molecule has 0 radical (unpaired) electrons. The van der Waals surface area contributed by atoms with Crippen LogP contribution >= 0.6 is 11.8 Å². The van der Waals surface area contributed by atoms with E-state index in [2.05, 4.69) is 31.2 Å². The number of hydrogen-bond donors (Lipinski definition) is 1. The molecular formula is C25H29FO2S. The minimum absolute atomic E-state index is 0.0603. The van der Waals surface area contributed by atoms with Gasteiger partial charge in [-0.1, -0.05) is 36.8 Å². The zero-order valence-electron chi connectivity index (χ0n) is 17.1. The number of carbonyl (C=O) groups is 1. The molecule has 1 aromatic carbocycles. The standard InChI is InChI=1S/C25H29FO2S/c1-23-15-21(28)25(26)20(9-8-16-14-17(27)12-13-24(16,25)2)19(23)10-11-22(23)29-18-6-4-3-5-7-18/h3-7,12-14,19-22,28H,8-11,15H2,1-2H3/t19-,20-,21-,22+,23-,24-,25?/m0/s1. The largest absolute Gasteiger partial charge is 0.390 e. The summed E-state index contributed by atoms with van der Waals surface area (Å²) in [5, 5.41) is 11.7. The van der Waals surface area contributed by atoms with Crippen molar-refractivity contribution >= 4 is 17.5 Å². The molecule has 5 rings (SSSR count). The number of thioether (sulfide) groups is 1. The average molecular weight is 413 g/mol. The molecule has 1 N–H and O–H groups in total. The lowest BCUT2D eigenvalue weighted by Crippen LogP contribution is -2.66. The highest BCUT2D eigenvalue weighted by Crippen LogP contribution is 2.69. The lowest BCUT2D eigenvalue weighted by Gasteiger charge is -2.62. The third-order valence-electron chi connectivity index (χ3n) is 8.57. The fraction of sp³-hybridized carbons (Fsp3) is 0.560. The molecule has 1 aromatic rings. The molecule has 0 bridgehead atoms. The van der Waals surface area contributed by atoms with E-state index < -0.39 is 17.2 Å². The lowest BCUT2D eigenvalue weighted by molar-refractivity contribution is -0.188. The van der Waals surface area contributed by atoms with Gasteiger partial charge in [-0.3, -0.25) is 4.79 Å². The normalized spacial score (nSPS) is 45.9. The van der Waals surface area contributed by atoms with Crippen molar-refractivity contribution in [3.63, 3.8) is 0 Å². The fourth-order valence-electron chi connectivity index (χ4n) is 7.02. The van der Waals surface area contributed by atoms with Gasteiger partial charge in [0.05, 0.1) is 6.10 Å². The Morgan fingerprint density at radius 2 is 1.86 bits per heavy atom. The van der Waals surface area contributed by atoms with Crippen LogP contribution in [-0.4, -0.2) is 27.9 Å². The van der Waals surface area contributed by atoms with Crippen molar-refractivity contribution in [2.24, 2.45) is 22.7 Å². The quantitative estimate of drug-likeness (QED) is 0.695. The average Bonchev–Trinajstić information content (AvgIpc) is 3.00. The van der Waals surface area contributed by atoms with Crippen LogP contribution in [0.25, 0.3) is 0 Å². The number of aliphatic hydroxyl groups excluding tert-OH is 1. The maximum Gasteiger partial charge on any atom is 0.178 e. The zero-order chi connectivity index (χ0) is 20.4. The van der Waals surface area contributed by atoms with Gasteiger partial charge in [0.1, 0.15) is 0 Å². The first-order valence-electron chi connectivity index (χ1n) is 10.8.